The minimum Gasteiger partial charge on any atom is -0.493 e. The fourth-order valence-electron chi connectivity index (χ4n) is 4.03. The zero-order valence-corrected chi connectivity index (χ0v) is 19.9. The van der Waals surface area contributed by atoms with Crippen LogP contribution in [0.4, 0.5) is 4.79 Å². The highest BCUT2D eigenvalue weighted by Gasteiger charge is 2.36. The lowest BCUT2D eigenvalue weighted by Gasteiger charge is -2.35. The molecular weight excluding hydrogens is 436 g/mol. The molecule has 34 heavy (non-hydrogen) atoms. The molecule has 0 bridgehead atoms. The lowest BCUT2D eigenvalue weighted by Crippen LogP contribution is -2.47. The van der Waals surface area contributed by atoms with Gasteiger partial charge in [0.25, 0.3) is 5.89 Å². The maximum Gasteiger partial charge on any atom is 0.322 e. The number of ether oxygens (including phenoxy) is 3. The SMILES string of the molecule is COCCN1C(=O)NC(c2ccc(OC)c(OC)c2)C(c2nc(-c3cccc(C)c3)no2)=C1C. The van der Waals surface area contributed by atoms with Gasteiger partial charge in [0.1, 0.15) is 0 Å². The molecule has 1 unspecified atom stereocenters. The van der Waals surface area contributed by atoms with Crippen LogP contribution in [-0.2, 0) is 4.74 Å². The van der Waals surface area contributed by atoms with Crippen molar-refractivity contribution >= 4 is 11.6 Å². The van der Waals surface area contributed by atoms with Crippen LogP contribution in [0, 0.1) is 6.92 Å². The molecule has 9 nitrogen and oxygen atoms in total. The summed E-state index contributed by atoms with van der Waals surface area (Å²) in [6, 6.07) is 12.6. The van der Waals surface area contributed by atoms with Gasteiger partial charge in [-0.3, -0.25) is 4.90 Å². The predicted octanol–water partition coefficient (Wildman–Crippen LogP) is 4.21. The Balaban J connectivity index is 1.82. The van der Waals surface area contributed by atoms with Gasteiger partial charge in [-0.25, -0.2) is 4.79 Å². The highest BCUT2D eigenvalue weighted by atomic mass is 16.5. The molecule has 1 aliphatic rings. The summed E-state index contributed by atoms with van der Waals surface area (Å²) in [5.41, 5.74) is 4.15. The lowest BCUT2D eigenvalue weighted by molar-refractivity contribution is 0.158. The third kappa shape index (κ3) is 4.47. The number of carbonyl (C=O) groups is 1. The molecule has 1 N–H and O–H groups in total. The Morgan fingerprint density at radius 2 is 1.85 bits per heavy atom. The molecule has 9 heteroatoms. The number of nitrogens with one attached hydrogen (secondary N) is 1. The Morgan fingerprint density at radius 1 is 1.06 bits per heavy atom. The van der Waals surface area contributed by atoms with Crippen LogP contribution >= 0.6 is 0 Å². The second-order valence-electron chi connectivity index (χ2n) is 7.93. The maximum atomic E-state index is 13.0. The molecule has 0 spiro atoms. The number of nitrogens with zero attached hydrogens (tertiary/aromatic N) is 3. The van der Waals surface area contributed by atoms with Crippen LogP contribution in [-0.4, -0.2) is 55.6 Å². The predicted molar refractivity (Wildman–Crippen MR) is 126 cm³/mol. The summed E-state index contributed by atoms with van der Waals surface area (Å²) in [7, 11) is 4.75. The standard InChI is InChI=1S/C25H28N4O5/c1-15-7-6-8-18(13-15)23-27-24(34-28-23)21-16(2)29(11-12-31-3)25(30)26-22(21)17-9-10-19(32-4)20(14-17)33-5/h6-10,13-14,22H,11-12H2,1-5H3,(H,26,30). The van der Waals surface area contributed by atoms with Crippen LogP contribution in [0.1, 0.15) is 30.0 Å². The summed E-state index contributed by atoms with van der Waals surface area (Å²) in [5, 5.41) is 7.28. The molecule has 0 fully saturated rings. The van der Waals surface area contributed by atoms with E-state index in [1.54, 1.807) is 32.3 Å². The normalized spacial score (nSPS) is 16.0. The van der Waals surface area contributed by atoms with E-state index in [1.807, 2.05) is 50.2 Å². The van der Waals surface area contributed by atoms with Crippen LogP contribution in [0.15, 0.2) is 52.7 Å². The first-order valence-electron chi connectivity index (χ1n) is 10.9. The van der Waals surface area contributed by atoms with Crippen molar-refractivity contribution < 1.29 is 23.5 Å². The zero-order valence-electron chi connectivity index (χ0n) is 19.9. The average Bonchev–Trinajstić information content (AvgIpc) is 3.33. The second-order valence-corrected chi connectivity index (χ2v) is 7.93. The number of urea groups is 1. The number of amides is 2. The van der Waals surface area contributed by atoms with Crippen molar-refractivity contribution in [2.45, 2.75) is 19.9 Å². The number of allylic oxidation sites excluding steroid dienone is 1. The Labute approximate surface area is 198 Å². The number of carbonyl (C=O) groups excluding carboxylic acids is 1. The molecule has 3 aromatic rings. The zero-order chi connectivity index (χ0) is 24.2. The molecule has 2 amide bonds. The van der Waals surface area contributed by atoms with E-state index in [1.165, 1.54) is 0 Å². The van der Waals surface area contributed by atoms with Crippen molar-refractivity contribution in [1.82, 2.24) is 20.4 Å². The number of benzene rings is 2. The Morgan fingerprint density at radius 3 is 2.56 bits per heavy atom. The number of hydrogen-bond acceptors (Lipinski definition) is 7. The van der Waals surface area contributed by atoms with Crippen molar-refractivity contribution in [3.63, 3.8) is 0 Å². The monoisotopic (exact) mass is 464 g/mol. The maximum absolute atomic E-state index is 13.0. The molecular formula is C25H28N4O5. The second kappa shape index (κ2) is 9.96. The molecule has 1 aliphatic heterocycles. The number of rotatable bonds is 8. The number of aryl methyl sites for hydroxylation is 1. The van der Waals surface area contributed by atoms with E-state index in [9.17, 15) is 4.79 Å². The first kappa shape index (κ1) is 23.3. The van der Waals surface area contributed by atoms with Gasteiger partial charge < -0.3 is 24.1 Å². The van der Waals surface area contributed by atoms with E-state index in [0.29, 0.717) is 47.6 Å². The fraction of sp³-hybridized carbons (Fsp3) is 0.320. The fourth-order valence-corrected chi connectivity index (χ4v) is 4.03. The largest absolute Gasteiger partial charge is 0.493 e. The van der Waals surface area contributed by atoms with Gasteiger partial charge in [0, 0.05) is 18.4 Å². The Hall–Kier alpha value is -3.85. The first-order chi connectivity index (χ1) is 16.5. The van der Waals surface area contributed by atoms with E-state index >= 15 is 0 Å². The molecule has 0 saturated carbocycles. The third-order valence-corrected chi connectivity index (χ3v) is 5.79. The molecule has 4 rings (SSSR count). The van der Waals surface area contributed by atoms with E-state index < -0.39 is 6.04 Å². The van der Waals surface area contributed by atoms with Crippen LogP contribution in [0.2, 0.25) is 0 Å². The van der Waals surface area contributed by atoms with E-state index in [2.05, 4.69) is 15.5 Å². The van der Waals surface area contributed by atoms with Crippen molar-refractivity contribution in [3.8, 4) is 22.9 Å². The van der Waals surface area contributed by atoms with Gasteiger partial charge in [0.15, 0.2) is 11.5 Å². The Kier molecular flexibility index (Phi) is 6.83. The van der Waals surface area contributed by atoms with Crippen molar-refractivity contribution in [2.24, 2.45) is 0 Å². The highest BCUT2D eigenvalue weighted by molar-refractivity contribution is 5.87. The van der Waals surface area contributed by atoms with Crippen LogP contribution in [0.3, 0.4) is 0 Å². The van der Waals surface area contributed by atoms with Gasteiger partial charge in [0.2, 0.25) is 5.82 Å². The lowest BCUT2D eigenvalue weighted by atomic mass is 9.94. The van der Waals surface area contributed by atoms with Crippen molar-refractivity contribution in [2.75, 3.05) is 34.5 Å². The molecule has 1 aromatic heterocycles. The van der Waals surface area contributed by atoms with E-state index in [-0.39, 0.29) is 6.03 Å². The minimum absolute atomic E-state index is 0.239. The van der Waals surface area contributed by atoms with Gasteiger partial charge in [-0.1, -0.05) is 35.0 Å². The molecule has 1 atom stereocenters. The molecule has 2 heterocycles. The van der Waals surface area contributed by atoms with Gasteiger partial charge in [-0.05, 0) is 37.6 Å². The molecule has 2 aromatic carbocycles. The Bertz CT molecular complexity index is 1220. The minimum atomic E-state index is -0.531. The summed E-state index contributed by atoms with van der Waals surface area (Å²) < 4.78 is 21.8. The van der Waals surface area contributed by atoms with Crippen LogP contribution < -0.4 is 14.8 Å². The van der Waals surface area contributed by atoms with E-state index in [4.69, 9.17) is 18.7 Å². The molecule has 0 radical (unpaired) electrons. The molecule has 178 valence electrons. The molecule has 0 aliphatic carbocycles. The number of methoxy groups -OCH3 is 3. The van der Waals surface area contributed by atoms with Gasteiger partial charge >= 0.3 is 6.03 Å². The first-order valence-corrected chi connectivity index (χ1v) is 10.9. The average molecular weight is 465 g/mol. The summed E-state index contributed by atoms with van der Waals surface area (Å²) in [5.74, 6) is 1.96. The quantitative estimate of drug-likeness (QED) is 0.533. The number of aromatic nitrogens is 2. The highest BCUT2D eigenvalue weighted by Crippen LogP contribution is 2.40. The third-order valence-electron chi connectivity index (χ3n) is 5.79. The van der Waals surface area contributed by atoms with Crippen molar-refractivity contribution in [1.29, 1.82) is 0 Å². The summed E-state index contributed by atoms with van der Waals surface area (Å²) in [4.78, 5) is 19.3. The summed E-state index contributed by atoms with van der Waals surface area (Å²) >= 11 is 0. The van der Waals surface area contributed by atoms with Crippen LogP contribution in [0.5, 0.6) is 11.5 Å². The van der Waals surface area contributed by atoms with Gasteiger partial charge in [-0.2, -0.15) is 4.98 Å². The number of hydrogen-bond donors (Lipinski definition) is 1. The molecule has 0 saturated heterocycles. The summed E-state index contributed by atoms with van der Waals surface area (Å²) in [6.45, 7) is 4.65. The van der Waals surface area contributed by atoms with Crippen molar-refractivity contribution in [3.05, 3.63) is 65.2 Å². The summed E-state index contributed by atoms with van der Waals surface area (Å²) in [6.07, 6.45) is 0. The van der Waals surface area contributed by atoms with Gasteiger partial charge in [-0.15, -0.1) is 0 Å². The topological polar surface area (TPSA) is 99.0 Å². The van der Waals surface area contributed by atoms with Crippen LogP contribution in [0.25, 0.3) is 17.0 Å². The van der Waals surface area contributed by atoms with E-state index in [0.717, 1.165) is 16.7 Å². The van der Waals surface area contributed by atoms with Gasteiger partial charge in [0.05, 0.1) is 39.0 Å². The smallest absolute Gasteiger partial charge is 0.322 e.